The summed E-state index contributed by atoms with van der Waals surface area (Å²) in [6, 6.07) is 10.00. The molecule has 0 N–H and O–H groups in total. The topological polar surface area (TPSA) is 25.8 Å². The Hall–Kier alpha value is -1.41. The SMILES string of the molecule is Cc1cccc(-c2ccnnc2Cl)c1. The summed E-state index contributed by atoms with van der Waals surface area (Å²) in [5.74, 6) is 0. The fourth-order valence-electron chi connectivity index (χ4n) is 1.34. The van der Waals surface area contributed by atoms with Gasteiger partial charge in [-0.3, -0.25) is 0 Å². The van der Waals surface area contributed by atoms with E-state index >= 15 is 0 Å². The highest BCUT2D eigenvalue weighted by molar-refractivity contribution is 6.32. The molecular formula is C11H9ClN2. The zero-order valence-electron chi connectivity index (χ0n) is 7.74. The van der Waals surface area contributed by atoms with Crippen LogP contribution in [0.2, 0.25) is 5.15 Å². The van der Waals surface area contributed by atoms with Crippen molar-refractivity contribution in [3.05, 3.63) is 47.2 Å². The van der Waals surface area contributed by atoms with Crippen molar-refractivity contribution in [2.24, 2.45) is 0 Å². The van der Waals surface area contributed by atoms with Crippen molar-refractivity contribution >= 4 is 11.6 Å². The Kier molecular flexibility index (Phi) is 2.46. The zero-order chi connectivity index (χ0) is 9.97. The average molecular weight is 205 g/mol. The second-order valence-corrected chi connectivity index (χ2v) is 3.46. The van der Waals surface area contributed by atoms with Crippen LogP contribution in [0.1, 0.15) is 5.56 Å². The Morgan fingerprint density at radius 1 is 1.21 bits per heavy atom. The first-order valence-corrected chi connectivity index (χ1v) is 4.69. The number of aryl methyl sites for hydroxylation is 1. The van der Waals surface area contributed by atoms with E-state index < -0.39 is 0 Å². The molecule has 2 rings (SSSR count). The Morgan fingerprint density at radius 3 is 2.79 bits per heavy atom. The molecule has 70 valence electrons. The van der Waals surface area contributed by atoms with Gasteiger partial charge in [-0.15, -0.1) is 5.10 Å². The maximum Gasteiger partial charge on any atom is 0.159 e. The van der Waals surface area contributed by atoms with Gasteiger partial charge >= 0.3 is 0 Å². The van der Waals surface area contributed by atoms with Gasteiger partial charge in [0, 0.05) is 5.56 Å². The van der Waals surface area contributed by atoms with Crippen LogP contribution in [0.25, 0.3) is 11.1 Å². The third kappa shape index (κ3) is 1.75. The second kappa shape index (κ2) is 3.76. The molecule has 0 amide bonds. The van der Waals surface area contributed by atoms with Crippen LogP contribution in [0.15, 0.2) is 36.5 Å². The van der Waals surface area contributed by atoms with Crippen LogP contribution in [0.4, 0.5) is 0 Å². The molecule has 2 aromatic rings. The number of nitrogens with zero attached hydrogens (tertiary/aromatic N) is 2. The molecule has 0 radical (unpaired) electrons. The number of halogens is 1. The number of aromatic nitrogens is 2. The van der Waals surface area contributed by atoms with Crippen LogP contribution < -0.4 is 0 Å². The van der Waals surface area contributed by atoms with Gasteiger partial charge in [0.2, 0.25) is 0 Å². The lowest BCUT2D eigenvalue weighted by atomic mass is 10.1. The lowest BCUT2D eigenvalue weighted by Crippen LogP contribution is -1.86. The van der Waals surface area contributed by atoms with Crippen molar-refractivity contribution in [2.75, 3.05) is 0 Å². The Labute approximate surface area is 87.6 Å². The molecule has 2 nitrogen and oxygen atoms in total. The first kappa shape index (κ1) is 9.16. The van der Waals surface area contributed by atoms with Gasteiger partial charge in [-0.2, -0.15) is 5.10 Å². The minimum Gasteiger partial charge on any atom is -0.158 e. The van der Waals surface area contributed by atoms with E-state index in [1.165, 1.54) is 5.56 Å². The second-order valence-electron chi connectivity index (χ2n) is 3.11. The molecule has 0 bridgehead atoms. The molecule has 0 saturated carbocycles. The Bertz CT molecular complexity index is 455. The monoisotopic (exact) mass is 204 g/mol. The van der Waals surface area contributed by atoms with Gasteiger partial charge in [-0.1, -0.05) is 41.4 Å². The van der Waals surface area contributed by atoms with Gasteiger partial charge in [0.15, 0.2) is 5.15 Å². The molecule has 3 heteroatoms. The highest BCUT2D eigenvalue weighted by Gasteiger charge is 2.03. The van der Waals surface area contributed by atoms with Crippen molar-refractivity contribution in [3.63, 3.8) is 0 Å². The molecule has 0 aliphatic heterocycles. The summed E-state index contributed by atoms with van der Waals surface area (Å²) in [6.07, 6.45) is 1.64. The predicted octanol–water partition coefficient (Wildman–Crippen LogP) is 3.11. The summed E-state index contributed by atoms with van der Waals surface area (Å²) in [5.41, 5.74) is 3.20. The van der Waals surface area contributed by atoms with Crippen molar-refractivity contribution in [3.8, 4) is 11.1 Å². The molecule has 0 aliphatic rings. The summed E-state index contributed by atoms with van der Waals surface area (Å²) in [4.78, 5) is 0. The molecule has 0 saturated heterocycles. The number of rotatable bonds is 1. The summed E-state index contributed by atoms with van der Waals surface area (Å²) in [7, 11) is 0. The third-order valence-corrected chi connectivity index (χ3v) is 2.28. The van der Waals surface area contributed by atoms with E-state index in [1.54, 1.807) is 6.20 Å². The standard InChI is InChI=1S/C11H9ClN2/c1-8-3-2-4-9(7-8)10-5-6-13-14-11(10)12/h2-7H,1H3. The number of benzene rings is 1. The fourth-order valence-corrected chi connectivity index (χ4v) is 1.56. The lowest BCUT2D eigenvalue weighted by molar-refractivity contribution is 1.03. The van der Waals surface area contributed by atoms with Crippen LogP contribution in [-0.4, -0.2) is 10.2 Å². The van der Waals surface area contributed by atoms with Crippen LogP contribution >= 0.6 is 11.6 Å². The van der Waals surface area contributed by atoms with Gasteiger partial charge in [0.25, 0.3) is 0 Å². The maximum atomic E-state index is 5.94. The van der Waals surface area contributed by atoms with E-state index in [4.69, 9.17) is 11.6 Å². The van der Waals surface area contributed by atoms with E-state index in [-0.39, 0.29) is 0 Å². The average Bonchev–Trinajstić information content (AvgIpc) is 2.18. The van der Waals surface area contributed by atoms with Crippen molar-refractivity contribution in [1.29, 1.82) is 0 Å². The van der Waals surface area contributed by atoms with Crippen molar-refractivity contribution in [1.82, 2.24) is 10.2 Å². The van der Waals surface area contributed by atoms with E-state index in [2.05, 4.69) is 16.3 Å². The maximum absolute atomic E-state index is 5.94. The Balaban J connectivity index is 2.55. The fraction of sp³-hybridized carbons (Fsp3) is 0.0909. The molecule has 1 aromatic carbocycles. The van der Waals surface area contributed by atoms with Crippen LogP contribution in [0, 0.1) is 6.92 Å². The minimum absolute atomic E-state index is 0.443. The highest BCUT2D eigenvalue weighted by atomic mass is 35.5. The molecule has 0 unspecified atom stereocenters. The van der Waals surface area contributed by atoms with Crippen molar-refractivity contribution < 1.29 is 0 Å². The van der Waals surface area contributed by atoms with Crippen LogP contribution in [-0.2, 0) is 0 Å². The van der Waals surface area contributed by atoms with E-state index in [0.717, 1.165) is 11.1 Å². The number of hydrogen-bond acceptors (Lipinski definition) is 2. The van der Waals surface area contributed by atoms with E-state index in [1.807, 2.05) is 31.2 Å². The first-order valence-electron chi connectivity index (χ1n) is 4.31. The van der Waals surface area contributed by atoms with E-state index in [0.29, 0.717) is 5.15 Å². The third-order valence-electron chi connectivity index (χ3n) is 2.00. The normalized spacial score (nSPS) is 10.1. The zero-order valence-corrected chi connectivity index (χ0v) is 8.49. The van der Waals surface area contributed by atoms with Gasteiger partial charge in [0.05, 0.1) is 6.20 Å². The van der Waals surface area contributed by atoms with Gasteiger partial charge in [0.1, 0.15) is 0 Å². The highest BCUT2D eigenvalue weighted by Crippen LogP contribution is 2.25. The first-order chi connectivity index (χ1) is 6.77. The quantitative estimate of drug-likeness (QED) is 0.714. The molecule has 0 aliphatic carbocycles. The molecular weight excluding hydrogens is 196 g/mol. The predicted molar refractivity (Wildman–Crippen MR) is 57.2 cm³/mol. The van der Waals surface area contributed by atoms with Gasteiger partial charge in [-0.05, 0) is 18.6 Å². The summed E-state index contributed by atoms with van der Waals surface area (Å²) in [6.45, 7) is 2.05. The van der Waals surface area contributed by atoms with Crippen LogP contribution in [0.3, 0.4) is 0 Å². The summed E-state index contributed by atoms with van der Waals surface area (Å²) >= 11 is 5.94. The van der Waals surface area contributed by atoms with Gasteiger partial charge in [-0.25, -0.2) is 0 Å². The number of hydrogen-bond donors (Lipinski definition) is 0. The Morgan fingerprint density at radius 2 is 2.07 bits per heavy atom. The van der Waals surface area contributed by atoms with Crippen molar-refractivity contribution in [2.45, 2.75) is 6.92 Å². The van der Waals surface area contributed by atoms with E-state index in [9.17, 15) is 0 Å². The summed E-state index contributed by atoms with van der Waals surface area (Å²) < 4.78 is 0. The minimum atomic E-state index is 0.443. The molecule has 1 heterocycles. The molecule has 1 aromatic heterocycles. The summed E-state index contributed by atoms with van der Waals surface area (Å²) in [5, 5.41) is 7.95. The molecule has 0 fully saturated rings. The molecule has 0 atom stereocenters. The molecule has 0 spiro atoms. The van der Waals surface area contributed by atoms with Gasteiger partial charge < -0.3 is 0 Å². The molecule has 14 heavy (non-hydrogen) atoms. The largest absolute Gasteiger partial charge is 0.159 e. The smallest absolute Gasteiger partial charge is 0.158 e. The van der Waals surface area contributed by atoms with Crippen LogP contribution in [0.5, 0.6) is 0 Å². The lowest BCUT2D eigenvalue weighted by Gasteiger charge is -2.02.